The van der Waals surface area contributed by atoms with Gasteiger partial charge in [-0.15, -0.1) is 12.4 Å². The standard InChI is InChI=1S/C20H31NO4.ClH/c1-23-19-9-5-6-15(20(19)24-2)11-13-25-18-8-4-3-7-17(18)21-12-10-16(22)14-21;/h5-6,9,16-18,22H,3-4,7-8,10-14H2,1-2H3;1H/t16-,17-,18-;/m1./s1. The number of halogens is 1. The van der Waals surface area contributed by atoms with Crippen LogP contribution in [0.4, 0.5) is 0 Å². The summed E-state index contributed by atoms with van der Waals surface area (Å²) in [6.07, 6.45) is 6.61. The normalized spacial score (nSPS) is 26.3. The predicted molar refractivity (Wildman–Crippen MR) is 105 cm³/mol. The van der Waals surface area contributed by atoms with Crippen molar-refractivity contribution in [2.75, 3.05) is 33.9 Å². The summed E-state index contributed by atoms with van der Waals surface area (Å²) in [5.41, 5.74) is 1.12. The molecule has 1 saturated carbocycles. The van der Waals surface area contributed by atoms with Gasteiger partial charge < -0.3 is 19.3 Å². The lowest BCUT2D eigenvalue weighted by Gasteiger charge is -2.37. The van der Waals surface area contributed by atoms with Crippen LogP contribution < -0.4 is 9.47 Å². The van der Waals surface area contributed by atoms with Crippen LogP contribution in [0.2, 0.25) is 0 Å². The van der Waals surface area contributed by atoms with E-state index in [2.05, 4.69) is 11.0 Å². The number of ether oxygens (including phenoxy) is 3. The molecule has 2 fully saturated rings. The highest BCUT2D eigenvalue weighted by molar-refractivity contribution is 5.85. The first kappa shape index (κ1) is 21.3. The Morgan fingerprint density at radius 2 is 1.92 bits per heavy atom. The number of nitrogens with zero attached hydrogens (tertiary/aromatic N) is 1. The van der Waals surface area contributed by atoms with E-state index in [-0.39, 0.29) is 24.6 Å². The van der Waals surface area contributed by atoms with E-state index in [1.807, 2.05) is 12.1 Å². The van der Waals surface area contributed by atoms with Crippen molar-refractivity contribution in [3.05, 3.63) is 23.8 Å². The molecule has 0 spiro atoms. The van der Waals surface area contributed by atoms with E-state index in [4.69, 9.17) is 14.2 Å². The maximum Gasteiger partial charge on any atom is 0.163 e. The molecule has 1 heterocycles. The lowest BCUT2D eigenvalue weighted by Crippen LogP contribution is -2.46. The number of likely N-dealkylation sites (tertiary alicyclic amines) is 1. The molecule has 26 heavy (non-hydrogen) atoms. The Bertz CT molecular complexity index is 557. The predicted octanol–water partition coefficient (Wildman–Crippen LogP) is 3.06. The first-order valence-corrected chi connectivity index (χ1v) is 9.46. The minimum atomic E-state index is -0.163. The third-order valence-corrected chi connectivity index (χ3v) is 5.52. The summed E-state index contributed by atoms with van der Waals surface area (Å²) in [6.45, 7) is 2.48. The molecule has 0 aromatic heterocycles. The van der Waals surface area contributed by atoms with Crippen LogP contribution in [0.15, 0.2) is 18.2 Å². The Morgan fingerprint density at radius 3 is 2.62 bits per heavy atom. The number of para-hydroxylation sites is 1. The van der Waals surface area contributed by atoms with Gasteiger partial charge in [0.1, 0.15) is 0 Å². The molecular formula is C20H32ClNO4. The number of hydrogen-bond acceptors (Lipinski definition) is 5. The minimum absolute atomic E-state index is 0. The fourth-order valence-corrected chi connectivity index (χ4v) is 4.23. The van der Waals surface area contributed by atoms with E-state index in [9.17, 15) is 5.11 Å². The van der Waals surface area contributed by atoms with Crippen LogP contribution in [-0.2, 0) is 11.2 Å². The Balaban J connectivity index is 0.00000243. The fourth-order valence-electron chi connectivity index (χ4n) is 4.23. The molecular weight excluding hydrogens is 354 g/mol. The zero-order valence-corrected chi connectivity index (χ0v) is 16.7. The first-order valence-electron chi connectivity index (χ1n) is 9.46. The van der Waals surface area contributed by atoms with E-state index in [0.717, 1.165) is 49.4 Å². The van der Waals surface area contributed by atoms with Gasteiger partial charge in [-0.25, -0.2) is 0 Å². The molecule has 1 aliphatic carbocycles. The third kappa shape index (κ3) is 5.03. The average molecular weight is 386 g/mol. The first-order chi connectivity index (χ1) is 12.2. The molecule has 1 aromatic rings. The van der Waals surface area contributed by atoms with Gasteiger partial charge in [-0.1, -0.05) is 25.0 Å². The number of hydrogen-bond donors (Lipinski definition) is 1. The van der Waals surface area contributed by atoms with E-state index < -0.39 is 0 Å². The largest absolute Gasteiger partial charge is 0.493 e. The molecule has 1 aromatic carbocycles. The van der Waals surface area contributed by atoms with Gasteiger partial charge in [0.15, 0.2) is 11.5 Å². The van der Waals surface area contributed by atoms with Crippen molar-refractivity contribution in [2.45, 2.75) is 56.8 Å². The van der Waals surface area contributed by atoms with Gasteiger partial charge in [-0.3, -0.25) is 4.90 Å². The highest BCUT2D eigenvalue weighted by atomic mass is 35.5. The van der Waals surface area contributed by atoms with Crippen molar-refractivity contribution in [1.29, 1.82) is 0 Å². The fraction of sp³-hybridized carbons (Fsp3) is 0.700. The summed E-state index contributed by atoms with van der Waals surface area (Å²) in [5, 5.41) is 9.84. The monoisotopic (exact) mass is 385 g/mol. The highest BCUT2D eigenvalue weighted by Gasteiger charge is 2.34. The zero-order chi connectivity index (χ0) is 17.6. The average Bonchev–Trinajstić information content (AvgIpc) is 3.08. The molecule has 0 radical (unpaired) electrons. The summed E-state index contributed by atoms with van der Waals surface area (Å²) in [7, 11) is 3.34. The van der Waals surface area contributed by atoms with Crippen molar-refractivity contribution >= 4 is 12.4 Å². The Hall–Kier alpha value is -1.01. The molecule has 3 atom stereocenters. The van der Waals surface area contributed by atoms with E-state index in [0.29, 0.717) is 12.6 Å². The summed E-state index contributed by atoms with van der Waals surface area (Å²) in [5.74, 6) is 1.57. The molecule has 1 saturated heterocycles. The lowest BCUT2D eigenvalue weighted by atomic mass is 9.91. The lowest BCUT2D eigenvalue weighted by molar-refractivity contribution is -0.0316. The highest BCUT2D eigenvalue weighted by Crippen LogP contribution is 2.32. The number of β-amino-alcohol motifs (C(OH)–C–C–N with tert-alkyl or cyclic N) is 1. The van der Waals surface area contributed by atoms with Crippen molar-refractivity contribution in [1.82, 2.24) is 4.90 Å². The molecule has 148 valence electrons. The van der Waals surface area contributed by atoms with Gasteiger partial charge in [-0.2, -0.15) is 0 Å². The number of aliphatic hydroxyl groups excluding tert-OH is 1. The van der Waals surface area contributed by atoms with Crippen molar-refractivity contribution in [3.63, 3.8) is 0 Å². The van der Waals surface area contributed by atoms with Gasteiger partial charge in [0.05, 0.1) is 33.0 Å². The Labute approximate surface area is 163 Å². The quantitative estimate of drug-likeness (QED) is 0.781. The summed E-state index contributed by atoms with van der Waals surface area (Å²) in [4.78, 5) is 2.43. The van der Waals surface area contributed by atoms with E-state index >= 15 is 0 Å². The molecule has 5 nitrogen and oxygen atoms in total. The second-order valence-electron chi connectivity index (χ2n) is 7.10. The van der Waals surface area contributed by atoms with Crippen LogP contribution >= 0.6 is 12.4 Å². The Kier molecular flexibility index (Phi) is 8.48. The molecule has 0 amide bonds. The van der Waals surface area contributed by atoms with E-state index in [1.54, 1.807) is 14.2 Å². The van der Waals surface area contributed by atoms with Gasteiger partial charge >= 0.3 is 0 Å². The van der Waals surface area contributed by atoms with Gasteiger partial charge in [-0.05, 0) is 31.7 Å². The van der Waals surface area contributed by atoms with Crippen LogP contribution in [0, 0.1) is 0 Å². The van der Waals surface area contributed by atoms with Crippen LogP contribution in [0.25, 0.3) is 0 Å². The van der Waals surface area contributed by atoms with Crippen LogP contribution in [-0.4, -0.2) is 62.2 Å². The molecule has 0 bridgehead atoms. The van der Waals surface area contributed by atoms with Gasteiger partial charge in [0, 0.05) is 24.7 Å². The third-order valence-electron chi connectivity index (χ3n) is 5.52. The minimum Gasteiger partial charge on any atom is -0.493 e. The summed E-state index contributed by atoms with van der Waals surface area (Å²) < 4.78 is 17.2. The van der Waals surface area contributed by atoms with Crippen molar-refractivity contribution in [2.24, 2.45) is 0 Å². The topological polar surface area (TPSA) is 51.2 Å². The van der Waals surface area contributed by atoms with Crippen molar-refractivity contribution < 1.29 is 19.3 Å². The summed E-state index contributed by atoms with van der Waals surface area (Å²) in [6, 6.07) is 6.43. The zero-order valence-electron chi connectivity index (χ0n) is 15.9. The van der Waals surface area contributed by atoms with E-state index in [1.165, 1.54) is 19.3 Å². The molecule has 1 N–H and O–H groups in total. The smallest absolute Gasteiger partial charge is 0.163 e. The van der Waals surface area contributed by atoms with Crippen LogP contribution in [0.5, 0.6) is 11.5 Å². The van der Waals surface area contributed by atoms with Crippen LogP contribution in [0.3, 0.4) is 0 Å². The molecule has 6 heteroatoms. The molecule has 1 aliphatic heterocycles. The second-order valence-corrected chi connectivity index (χ2v) is 7.10. The number of aliphatic hydroxyl groups is 1. The Morgan fingerprint density at radius 1 is 1.12 bits per heavy atom. The number of methoxy groups -OCH3 is 2. The van der Waals surface area contributed by atoms with Crippen LogP contribution in [0.1, 0.15) is 37.7 Å². The van der Waals surface area contributed by atoms with Gasteiger partial charge in [0.2, 0.25) is 0 Å². The maximum absolute atomic E-state index is 9.84. The SMILES string of the molecule is COc1cccc(CCO[C@@H]2CCCC[C@H]2N2CC[C@@H](O)C2)c1OC.Cl. The number of rotatable bonds is 7. The molecule has 2 aliphatic rings. The number of benzene rings is 1. The van der Waals surface area contributed by atoms with Crippen molar-refractivity contribution in [3.8, 4) is 11.5 Å². The second kappa shape index (κ2) is 10.4. The molecule has 0 unspecified atom stereocenters. The maximum atomic E-state index is 9.84. The van der Waals surface area contributed by atoms with Gasteiger partial charge in [0.25, 0.3) is 0 Å². The molecule has 3 rings (SSSR count). The summed E-state index contributed by atoms with van der Waals surface area (Å²) >= 11 is 0.